The molecule has 0 aliphatic rings. The lowest BCUT2D eigenvalue weighted by molar-refractivity contribution is -0.137. The number of aromatic nitrogens is 3. The van der Waals surface area contributed by atoms with Crippen molar-refractivity contribution in [3.8, 4) is 17.1 Å². The third-order valence-electron chi connectivity index (χ3n) is 4.39. The van der Waals surface area contributed by atoms with E-state index in [1.165, 1.54) is 22.8 Å². The summed E-state index contributed by atoms with van der Waals surface area (Å²) >= 11 is 5.98. The Kier molecular flexibility index (Phi) is 5.14. The van der Waals surface area contributed by atoms with Gasteiger partial charge in [-0.15, -0.1) is 10.2 Å². The zero-order chi connectivity index (χ0) is 20.7. The third kappa shape index (κ3) is 3.85. The predicted octanol–water partition coefficient (Wildman–Crippen LogP) is 5.78. The molecular weight excluding hydrogens is 391 g/mol. The molecule has 0 fully saturated rings. The lowest BCUT2D eigenvalue weighted by atomic mass is 10.1. The molecule has 0 aliphatic heterocycles. The largest absolute Gasteiger partial charge is 0.480 e. The fraction of sp³-hybridized carbons (Fsp3) is 0.300. The van der Waals surface area contributed by atoms with Crippen LogP contribution in [0.1, 0.15) is 30.8 Å². The van der Waals surface area contributed by atoms with E-state index in [1.54, 1.807) is 39.1 Å². The lowest BCUT2D eigenvalue weighted by Gasteiger charge is -2.26. The standard InChI is InChI=1S/C20H19ClF3N3O/c1-12-11-13(21)9-10-16(12)28-19(2,3)18-26-25-17(27(18)4)14-7-5-6-8-15(14)20(22,23)24/h5-11H,1-4H3. The van der Waals surface area contributed by atoms with Crippen molar-refractivity contribution in [3.05, 3.63) is 64.4 Å². The van der Waals surface area contributed by atoms with Crippen LogP contribution in [-0.2, 0) is 18.8 Å². The molecule has 0 bridgehead atoms. The van der Waals surface area contributed by atoms with Crippen molar-refractivity contribution >= 4 is 11.6 Å². The minimum absolute atomic E-state index is 0.0327. The van der Waals surface area contributed by atoms with Gasteiger partial charge < -0.3 is 9.30 Å². The molecule has 0 saturated heterocycles. The Balaban J connectivity index is 2.01. The van der Waals surface area contributed by atoms with Crippen LogP contribution in [0.25, 0.3) is 11.4 Å². The summed E-state index contributed by atoms with van der Waals surface area (Å²) in [5.41, 5.74) is -0.893. The van der Waals surface area contributed by atoms with Crippen molar-refractivity contribution in [2.24, 2.45) is 7.05 Å². The molecule has 0 radical (unpaired) electrons. The number of nitrogens with zero attached hydrogens (tertiary/aromatic N) is 3. The van der Waals surface area contributed by atoms with Gasteiger partial charge in [-0.3, -0.25) is 0 Å². The first kappa shape index (κ1) is 20.2. The summed E-state index contributed by atoms with van der Waals surface area (Å²) in [5.74, 6) is 1.12. The van der Waals surface area contributed by atoms with E-state index in [0.717, 1.165) is 11.6 Å². The number of halogens is 4. The Labute approximate surface area is 165 Å². The van der Waals surface area contributed by atoms with Gasteiger partial charge in [-0.25, -0.2) is 0 Å². The number of rotatable bonds is 4. The molecule has 3 rings (SSSR count). The van der Waals surface area contributed by atoms with E-state index >= 15 is 0 Å². The van der Waals surface area contributed by atoms with Crippen LogP contribution in [0.4, 0.5) is 13.2 Å². The molecule has 0 saturated carbocycles. The Morgan fingerprint density at radius 1 is 1.04 bits per heavy atom. The summed E-state index contributed by atoms with van der Waals surface area (Å²) in [4.78, 5) is 0. The van der Waals surface area contributed by atoms with Crippen LogP contribution in [-0.4, -0.2) is 14.8 Å². The van der Waals surface area contributed by atoms with E-state index in [-0.39, 0.29) is 11.4 Å². The molecule has 8 heteroatoms. The SMILES string of the molecule is Cc1cc(Cl)ccc1OC(C)(C)c1nnc(-c2ccccc2C(F)(F)F)n1C. The molecule has 0 spiro atoms. The second kappa shape index (κ2) is 7.13. The van der Waals surface area contributed by atoms with E-state index in [2.05, 4.69) is 10.2 Å². The van der Waals surface area contributed by atoms with E-state index in [0.29, 0.717) is 16.6 Å². The normalized spacial score (nSPS) is 12.3. The molecule has 28 heavy (non-hydrogen) atoms. The molecule has 4 nitrogen and oxygen atoms in total. The van der Waals surface area contributed by atoms with Crippen LogP contribution in [0.2, 0.25) is 5.02 Å². The van der Waals surface area contributed by atoms with Crippen LogP contribution in [0.15, 0.2) is 42.5 Å². The van der Waals surface area contributed by atoms with Crippen molar-refractivity contribution in [1.82, 2.24) is 14.8 Å². The molecule has 148 valence electrons. The molecule has 0 N–H and O–H groups in total. The highest BCUT2D eigenvalue weighted by molar-refractivity contribution is 6.30. The Morgan fingerprint density at radius 3 is 2.36 bits per heavy atom. The molecule has 0 unspecified atom stereocenters. The summed E-state index contributed by atoms with van der Waals surface area (Å²) in [7, 11) is 1.62. The summed E-state index contributed by atoms with van der Waals surface area (Å²) in [6, 6.07) is 10.5. The van der Waals surface area contributed by atoms with Gasteiger partial charge in [0, 0.05) is 17.6 Å². The van der Waals surface area contributed by atoms with Gasteiger partial charge in [0.2, 0.25) is 0 Å². The first-order chi connectivity index (χ1) is 13.0. The van der Waals surface area contributed by atoms with Crippen molar-refractivity contribution in [1.29, 1.82) is 0 Å². The van der Waals surface area contributed by atoms with E-state index in [9.17, 15) is 13.2 Å². The minimum atomic E-state index is -4.49. The van der Waals surface area contributed by atoms with Gasteiger partial charge in [-0.2, -0.15) is 13.2 Å². The average molecular weight is 410 g/mol. The van der Waals surface area contributed by atoms with Gasteiger partial charge in [0.25, 0.3) is 0 Å². The maximum atomic E-state index is 13.4. The molecule has 0 aliphatic carbocycles. The van der Waals surface area contributed by atoms with Gasteiger partial charge in [-0.05, 0) is 50.6 Å². The Bertz CT molecular complexity index is 1010. The zero-order valence-electron chi connectivity index (χ0n) is 15.8. The highest BCUT2D eigenvalue weighted by atomic mass is 35.5. The average Bonchev–Trinajstić information content (AvgIpc) is 2.99. The monoisotopic (exact) mass is 409 g/mol. The van der Waals surface area contributed by atoms with E-state index in [4.69, 9.17) is 16.3 Å². The van der Waals surface area contributed by atoms with Gasteiger partial charge in [0.05, 0.1) is 5.56 Å². The minimum Gasteiger partial charge on any atom is -0.480 e. The maximum absolute atomic E-state index is 13.4. The first-order valence-electron chi connectivity index (χ1n) is 8.52. The molecule has 3 aromatic rings. The predicted molar refractivity (Wildman–Crippen MR) is 101 cm³/mol. The van der Waals surface area contributed by atoms with Gasteiger partial charge in [0.1, 0.15) is 5.75 Å². The van der Waals surface area contributed by atoms with Gasteiger partial charge >= 0.3 is 6.18 Å². The molecular formula is C20H19ClF3N3O. The Morgan fingerprint density at radius 2 is 1.71 bits per heavy atom. The molecule has 0 atom stereocenters. The van der Waals surface area contributed by atoms with Crippen LogP contribution >= 0.6 is 11.6 Å². The smallest absolute Gasteiger partial charge is 0.417 e. The molecule has 1 heterocycles. The van der Waals surface area contributed by atoms with Gasteiger partial charge in [0.15, 0.2) is 17.2 Å². The second-order valence-corrected chi connectivity index (χ2v) is 7.41. The van der Waals surface area contributed by atoms with Crippen molar-refractivity contribution in [2.75, 3.05) is 0 Å². The van der Waals surface area contributed by atoms with E-state index < -0.39 is 17.3 Å². The van der Waals surface area contributed by atoms with Crippen molar-refractivity contribution in [3.63, 3.8) is 0 Å². The second-order valence-electron chi connectivity index (χ2n) is 6.97. The Hall–Kier alpha value is -2.54. The zero-order valence-corrected chi connectivity index (χ0v) is 16.6. The summed E-state index contributed by atoms with van der Waals surface area (Å²) in [6.45, 7) is 5.42. The fourth-order valence-electron chi connectivity index (χ4n) is 3.06. The van der Waals surface area contributed by atoms with Crippen LogP contribution < -0.4 is 4.74 Å². The summed E-state index contributed by atoms with van der Waals surface area (Å²) < 4.78 is 47.8. The molecule has 2 aromatic carbocycles. The topological polar surface area (TPSA) is 39.9 Å². The lowest BCUT2D eigenvalue weighted by Crippen LogP contribution is -2.29. The summed E-state index contributed by atoms with van der Waals surface area (Å²) in [5, 5.41) is 8.73. The number of ether oxygens (including phenoxy) is 1. The highest BCUT2D eigenvalue weighted by Crippen LogP contribution is 2.37. The van der Waals surface area contributed by atoms with Crippen LogP contribution in [0.3, 0.4) is 0 Å². The van der Waals surface area contributed by atoms with Crippen LogP contribution in [0, 0.1) is 6.92 Å². The fourth-order valence-corrected chi connectivity index (χ4v) is 3.29. The molecule has 1 aromatic heterocycles. The number of benzene rings is 2. The molecule has 0 amide bonds. The highest BCUT2D eigenvalue weighted by Gasteiger charge is 2.36. The number of alkyl halides is 3. The van der Waals surface area contributed by atoms with Crippen molar-refractivity contribution in [2.45, 2.75) is 32.5 Å². The number of hydrogen-bond donors (Lipinski definition) is 0. The van der Waals surface area contributed by atoms with Gasteiger partial charge in [-0.1, -0.05) is 29.8 Å². The van der Waals surface area contributed by atoms with Crippen molar-refractivity contribution < 1.29 is 17.9 Å². The van der Waals surface area contributed by atoms with E-state index in [1.807, 2.05) is 6.92 Å². The first-order valence-corrected chi connectivity index (χ1v) is 8.90. The van der Waals surface area contributed by atoms with Crippen LogP contribution in [0.5, 0.6) is 5.75 Å². The third-order valence-corrected chi connectivity index (χ3v) is 4.62. The number of hydrogen-bond acceptors (Lipinski definition) is 3. The quantitative estimate of drug-likeness (QED) is 0.548. The maximum Gasteiger partial charge on any atom is 0.417 e. The summed E-state index contributed by atoms with van der Waals surface area (Å²) in [6.07, 6.45) is -4.49. The number of aryl methyl sites for hydroxylation is 1.